The summed E-state index contributed by atoms with van der Waals surface area (Å²) < 4.78 is 6.17. The van der Waals surface area contributed by atoms with Crippen molar-refractivity contribution < 1.29 is 4.42 Å². The first-order valence-electron chi connectivity index (χ1n) is 13.9. The van der Waals surface area contributed by atoms with Gasteiger partial charge in [-0.25, -0.2) is 0 Å². The molecule has 1 aromatic carbocycles. The fourth-order valence-corrected chi connectivity index (χ4v) is 4.75. The summed E-state index contributed by atoms with van der Waals surface area (Å²) in [7, 11) is 0. The van der Waals surface area contributed by atoms with Gasteiger partial charge in [0.1, 0.15) is 11.3 Å². The molecule has 0 unspecified atom stereocenters. The van der Waals surface area contributed by atoms with Crippen molar-refractivity contribution >= 4 is 11.0 Å². The van der Waals surface area contributed by atoms with Crippen LogP contribution in [0, 0.1) is 0 Å². The molecule has 2 aromatic rings. The second kappa shape index (κ2) is 17.3. The molecule has 1 heterocycles. The van der Waals surface area contributed by atoms with Crippen LogP contribution in [0.25, 0.3) is 11.0 Å². The summed E-state index contributed by atoms with van der Waals surface area (Å²) in [5.74, 6) is 1.19. The van der Waals surface area contributed by atoms with Crippen molar-refractivity contribution in [2.24, 2.45) is 0 Å². The van der Waals surface area contributed by atoms with E-state index in [0.717, 1.165) is 12.0 Å². The minimum absolute atomic E-state index is 1.10. The molecular formula is C30H50O. The molecule has 31 heavy (non-hydrogen) atoms. The van der Waals surface area contributed by atoms with Crippen LogP contribution in [-0.4, -0.2) is 0 Å². The maximum Gasteiger partial charge on any atom is 0.134 e. The van der Waals surface area contributed by atoms with Gasteiger partial charge in [0, 0.05) is 11.8 Å². The average molecular weight is 427 g/mol. The Labute approximate surface area is 193 Å². The number of rotatable bonds is 20. The molecule has 0 atom stereocenters. The molecule has 0 bridgehead atoms. The van der Waals surface area contributed by atoms with Gasteiger partial charge in [0.2, 0.25) is 0 Å². The third-order valence-electron chi connectivity index (χ3n) is 6.78. The highest BCUT2D eigenvalue weighted by atomic mass is 16.3. The number of fused-ring (bicyclic) bond motifs is 1. The van der Waals surface area contributed by atoms with Crippen molar-refractivity contribution in [1.29, 1.82) is 0 Å². The van der Waals surface area contributed by atoms with Crippen LogP contribution in [0.3, 0.4) is 0 Å². The van der Waals surface area contributed by atoms with Crippen LogP contribution in [0.4, 0.5) is 0 Å². The number of hydrogen-bond acceptors (Lipinski definition) is 1. The van der Waals surface area contributed by atoms with E-state index in [2.05, 4.69) is 38.1 Å². The zero-order chi connectivity index (χ0) is 22.0. The van der Waals surface area contributed by atoms with E-state index in [4.69, 9.17) is 4.42 Å². The summed E-state index contributed by atoms with van der Waals surface area (Å²) in [6.45, 7) is 4.58. The number of benzene rings is 1. The van der Waals surface area contributed by atoms with Crippen molar-refractivity contribution in [3.63, 3.8) is 0 Å². The molecule has 0 aliphatic rings. The highest BCUT2D eigenvalue weighted by molar-refractivity contribution is 5.81. The number of hydrogen-bond donors (Lipinski definition) is 0. The van der Waals surface area contributed by atoms with Crippen molar-refractivity contribution in [2.75, 3.05) is 0 Å². The van der Waals surface area contributed by atoms with E-state index in [1.807, 2.05) is 0 Å². The molecule has 0 N–H and O–H groups in total. The van der Waals surface area contributed by atoms with Gasteiger partial charge < -0.3 is 4.42 Å². The molecule has 0 saturated carbocycles. The molecule has 1 nitrogen and oxygen atoms in total. The minimum Gasteiger partial charge on any atom is -0.461 e. The van der Waals surface area contributed by atoms with Gasteiger partial charge >= 0.3 is 0 Å². The summed E-state index contributed by atoms with van der Waals surface area (Å²) in [4.78, 5) is 0. The molecule has 176 valence electrons. The second-order valence-electron chi connectivity index (χ2n) is 9.70. The number of furan rings is 1. The van der Waals surface area contributed by atoms with Gasteiger partial charge in [-0.1, -0.05) is 129 Å². The Bertz CT molecular complexity index is 668. The lowest BCUT2D eigenvalue weighted by atomic mass is 10.0. The Morgan fingerprint density at radius 2 is 1.03 bits per heavy atom. The number of unbranched alkanes of at least 4 members (excludes halogenated alkanes) is 16. The lowest BCUT2D eigenvalue weighted by molar-refractivity contribution is 0.518. The summed E-state index contributed by atoms with van der Waals surface area (Å²) >= 11 is 0. The Morgan fingerprint density at radius 1 is 0.548 bits per heavy atom. The highest BCUT2D eigenvalue weighted by Crippen LogP contribution is 2.26. The van der Waals surface area contributed by atoms with E-state index >= 15 is 0 Å². The molecule has 0 spiro atoms. The molecule has 0 amide bonds. The van der Waals surface area contributed by atoms with Crippen LogP contribution in [0.5, 0.6) is 0 Å². The molecule has 0 aliphatic heterocycles. The van der Waals surface area contributed by atoms with Gasteiger partial charge in [0.25, 0.3) is 0 Å². The van der Waals surface area contributed by atoms with E-state index in [1.165, 1.54) is 139 Å². The van der Waals surface area contributed by atoms with Crippen molar-refractivity contribution in [3.8, 4) is 0 Å². The van der Waals surface area contributed by atoms with Gasteiger partial charge in [-0.05, 0) is 37.0 Å². The van der Waals surface area contributed by atoms with Crippen molar-refractivity contribution in [1.82, 2.24) is 0 Å². The van der Waals surface area contributed by atoms with E-state index < -0.39 is 0 Å². The Kier molecular flexibility index (Phi) is 14.5. The van der Waals surface area contributed by atoms with Gasteiger partial charge in [0.15, 0.2) is 0 Å². The van der Waals surface area contributed by atoms with Crippen molar-refractivity contribution in [3.05, 3.63) is 35.6 Å². The van der Waals surface area contributed by atoms with Crippen LogP contribution < -0.4 is 0 Å². The van der Waals surface area contributed by atoms with Crippen LogP contribution in [0.1, 0.15) is 141 Å². The SMILES string of the molecule is CCCCCCCCCCCCc1cccc2oc(CCCCCCCCCC)cc12. The Hall–Kier alpha value is -1.24. The van der Waals surface area contributed by atoms with E-state index in [0.29, 0.717) is 0 Å². The summed E-state index contributed by atoms with van der Waals surface area (Å²) in [5, 5.41) is 1.37. The van der Waals surface area contributed by atoms with E-state index in [9.17, 15) is 0 Å². The van der Waals surface area contributed by atoms with Gasteiger partial charge in [-0.3, -0.25) is 0 Å². The first kappa shape index (κ1) is 26.0. The summed E-state index contributed by atoms with van der Waals surface area (Å²) in [6.07, 6.45) is 27.3. The third-order valence-corrected chi connectivity index (χ3v) is 6.78. The molecular weight excluding hydrogens is 376 g/mol. The molecule has 2 rings (SSSR count). The maximum absolute atomic E-state index is 6.17. The first-order valence-corrected chi connectivity index (χ1v) is 13.9. The first-order chi connectivity index (χ1) is 15.3. The molecule has 0 saturated heterocycles. The van der Waals surface area contributed by atoms with Gasteiger partial charge in [0.05, 0.1) is 0 Å². The van der Waals surface area contributed by atoms with Crippen LogP contribution >= 0.6 is 0 Å². The highest BCUT2D eigenvalue weighted by Gasteiger charge is 2.08. The monoisotopic (exact) mass is 426 g/mol. The normalized spacial score (nSPS) is 11.5. The van der Waals surface area contributed by atoms with E-state index in [-0.39, 0.29) is 0 Å². The van der Waals surface area contributed by atoms with Gasteiger partial charge in [-0.15, -0.1) is 0 Å². The zero-order valence-electron chi connectivity index (χ0n) is 20.9. The smallest absolute Gasteiger partial charge is 0.134 e. The van der Waals surface area contributed by atoms with E-state index in [1.54, 1.807) is 0 Å². The van der Waals surface area contributed by atoms with Crippen molar-refractivity contribution in [2.45, 2.75) is 142 Å². The predicted molar refractivity (Wildman–Crippen MR) is 138 cm³/mol. The fraction of sp³-hybridized carbons (Fsp3) is 0.733. The summed E-state index contributed by atoms with van der Waals surface area (Å²) in [5.41, 5.74) is 2.59. The topological polar surface area (TPSA) is 13.1 Å². The average Bonchev–Trinajstić information content (AvgIpc) is 3.20. The summed E-state index contributed by atoms with van der Waals surface area (Å²) in [6, 6.07) is 8.97. The zero-order valence-corrected chi connectivity index (χ0v) is 20.9. The fourth-order valence-electron chi connectivity index (χ4n) is 4.75. The minimum atomic E-state index is 1.10. The number of aryl methyl sites for hydroxylation is 2. The van der Waals surface area contributed by atoms with Crippen LogP contribution in [0.15, 0.2) is 28.7 Å². The molecule has 0 fully saturated rings. The standard InChI is InChI=1S/C30H50O/c1-3-5-7-9-11-13-14-15-17-19-22-27-23-21-25-30-29(27)26-28(31-30)24-20-18-16-12-10-8-6-4-2/h21,23,25-26H,3-20,22,24H2,1-2H3. The Balaban J connectivity index is 1.61. The molecule has 0 radical (unpaired) electrons. The molecule has 1 heteroatoms. The maximum atomic E-state index is 6.17. The predicted octanol–water partition coefficient (Wildman–Crippen LogP) is 10.6. The largest absolute Gasteiger partial charge is 0.461 e. The second-order valence-corrected chi connectivity index (χ2v) is 9.70. The lowest BCUT2D eigenvalue weighted by Crippen LogP contribution is -1.87. The molecule has 1 aromatic heterocycles. The lowest BCUT2D eigenvalue weighted by Gasteiger charge is -2.04. The van der Waals surface area contributed by atoms with Crippen LogP contribution in [0.2, 0.25) is 0 Å². The molecule has 0 aliphatic carbocycles. The third kappa shape index (κ3) is 11.3. The Morgan fingerprint density at radius 3 is 1.58 bits per heavy atom. The van der Waals surface area contributed by atoms with Gasteiger partial charge in [-0.2, -0.15) is 0 Å². The van der Waals surface area contributed by atoms with Crippen LogP contribution in [-0.2, 0) is 12.8 Å². The quantitative estimate of drug-likeness (QED) is 0.192.